The molecule has 1 aromatic heterocycles. The average Bonchev–Trinajstić information content (AvgIpc) is 2.78. The van der Waals surface area contributed by atoms with Crippen LogP contribution in [0.25, 0.3) is 0 Å². The number of carbonyl (C=O) groups is 1. The van der Waals surface area contributed by atoms with Gasteiger partial charge in [0, 0.05) is 5.69 Å². The van der Waals surface area contributed by atoms with E-state index in [0.717, 1.165) is 18.3 Å². The van der Waals surface area contributed by atoms with Crippen LogP contribution in [0.3, 0.4) is 0 Å². The zero-order valence-corrected chi connectivity index (χ0v) is 18.6. The molecule has 172 valence electrons. The van der Waals surface area contributed by atoms with Crippen molar-refractivity contribution in [1.82, 2.24) is 9.97 Å². The topological polar surface area (TPSA) is 113 Å². The molecule has 0 spiro atoms. The highest BCUT2D eigenvalue weighted by atomic mass is 32.2. The van der Waals surface area contributed by atoms with Crippen molar-refractivity contribution < 1.29 is 22.0 Å². The molecule has 0 saturated carbocycles. The number of para-hydroxylation sites is 1. The van der Waals surface area contributed by atoms with Crippen LogP contribution in [-0.2, 0) is 14.6 Å². The number of amides is 1. The molecule has 8 nitrogen and oxygen atoms in total. The van der Waals surface area contributed by atoms with Gasteiger partial charge in [-0.15, -0.1) is 0 Å². The summed E-state index contributed by atoms with van der Waals surface area (Å²) in [5.74, 6) is -2.38. The number of rotatable bonds is 8. The van der Waals surface area contributed by atoms with E-state index in [0.29, 0.717) is 5.69 Å². The first-order valence-electron chi connectivity index (χ1n) is 9.74. The fourth-order valence-corrected chi connectivity index (χ4v) is 3.93. The second-order valence-corrected chi connectivity index (χ2v) is 9.59. The molecule has 3 rings (SSSR count). The summed E-state index contributed by atoms with van der Waals surface area (Å²) in [5, 5.41) is 7.15. The van der Waals surface area contributed by atoms with Crippen molar-refractivity contribution in [2.75, 3.05) is 16.0 Å². The van der Waals surface area contributed by atoms with E-state index in [1.54, 1.807) is 26.0 Å². The number of benzene rings is 2. The van der Waals surface area contributed by atoms with E-state index in [1.807, 2.05) is 0 Å². The van der Waals surface area contributed by atoms with Crippen molar-refractivity contribution in [3.8, 4) is 0 Å². The van der Waals surface area contributed by atoms with Crippen molar-refractivity contribution in [3.05, 3.63) is 73.0 Å². The van der Waals surface area contributed by atoms with Gasteiger partial charge in [0.2, 0.25) is 11.9 Å². The summed E-state index contributed by atoms with van der Waals surface area (Å²) < 4.78 is 53.6. The first-order valence-corrected chi connectivity index (χ1v) is 11.3. The molecule has 1 heterocycles. The Morgan fingerprint density at radius 1 is 1.06 bits per heavy atom. The third kappa shape index (κ3) is 5.50. The summed E-state index contributed by atoms with van der Waals surface area (Å²) in [6.07, 6.45) is 1.90. The van der Waals surface area contributed by atoms with Gasteiger partial charge in [-0.2, -0.15) is 4.98 Å². The molecule has 0 aliphatic heterocycles. The molecule has 33 heavy (non-hydrogen) atoms. The molecule has 0 aliphatic rings. The Kier molecular flexibility index (Phi) is 7.02. The zero-order chi connectivity index (χ0) is 24.2. The van der Waals surface area contributed by atoms with Gasteiger partial charge in [0.05, 0.1) is 27.7 Å². The van der Waals surface area contributed by atoms with Gasteiger partial charge in [0.15, 0.2) is 21.5 Å². The van der Waals surface area contributed by atoms with Gasteiger partial charge in [-0.05, 0) is 50.3 Å². The summed E-state index contributed by atoms with van der Waals surface area (Å²) in [6.45, 7) is 6.41. The number of hydrogen-bond donors (Lipinski definition) is 3. The molecule has 3 aromatic rings. The number of carbonyl (C=O) groups excluding carboxylic acids is 1. The zero-order valence-electron chi connectivity index (χ0n) is 17.8. The Bertz CT molecular complexity index is 1310. The van der Waals surface area contributed by atoms with Gasteiger partial charge in [-0.1, -0.05) is 18.7 Å². The Balaban J connectivity index is 1.90. The molecule has 11 heteroatoms. The lowest BCUT2D eigenvalue weighted by atomic mass is 10.2. The highest BCUT2D eigenvalue weighted by molar-refractivity contribution is 7.92. The van der Waals surface area contributed by atoms with E-state index >= 15 is 0 Å². The smallest absolute Gasteiger partial charge is 0.247 e. The lowest BCUT2D eigenvalue weighted by Crippen LogP contribution is -2.16. The minimum absolute atomic E-state index is 0.00802. The molecule has 0 bridgehead atoms. The number of aromatic nitrogens is 2. The fraction of sp³-hybridized carbons (Fsp3) is 0.136. The standard InChI is InChI=1S/C22H21F2N5O3S/c1-4-20(30)27-18-11-14(9-10-15(18)23)26-22-25-12-16(24)21(29-22)28-17-7-5-6-8-19(17)33(31,32)13(2)3/h4-13H,1H2,2-3H3,(H,27,30)(H2,25,26,28,29). The van der Waals surface area contributed by atoms with Gasteiger partial charge in [-0.3, -0.25) is 4.79 Å². The van der Waals surface area contributed by atoms with Gasteiger partial charge < -0.3 is 16.0 Å². The van der Waals surface area contributed by atoms with E-state index < -0.39 is 32.6 Å². The van der Waals surface area contributed by atoms with E-state index in [4.69, 9.17) is 0 Å². The van der Waals surface area contributed by atoms with E-state index in [2.05, 4.69) is 32.5 Å². The summed E-state index contributed by atoms with van der Waals surface area (Å²) in [7, 11) is -3.64. The first kappa shape index (κ1) is 23.8. The highest BCUT2D eigenvalue weighted by Gasteiger charge is 2.23. The van der Waals surface area contributed by atoms with Crippen molar-refractivity contribution in [1.29, 1.82) is 0 Å². The Morgan fingerprint density at radius 3 is 2.48 bits per heavy atom. The molecule has 0 fully saturated rings. The Labute approximate surface area is 189 Å². The maximum atomic E-state index is 14.4. The van der Waals surface area contributed by atoms with Crippen molar-refractivity contribution in [3.63, 3.8) is 0 Å². The van der Waals surface area contributed by atoms with Gasteiger partial charge in [0.1, 0.15) is 5.82 Å². The molecular weight excluding hydrogens is 452 g/mol. The van der Waals surface area contributed by atoms with Crippen LogP contribution in [0.1, 0.15) is 13.8 Å². The van der Waals surface area contributed by atoms with Crippen molar-refractivity contribution >= 4 is 44.6 Å². The van der Waals surface area contributed by atoms with Crippen LogP contribution in [0, 0.1) is 11.6 Å². The summed E-state index contributed by atoms with van der Waals surface area (Å²) in [4.78, 5) is 19.4. The van der Waals surface area contributed by atoms with Crippen LogP contribution in [-0.4, -0.2) is 29.5 Å². The average molecular weight is 474 g/mol. The molecule has 0 saturated heterocycles. The van der Waals surface area contributed by atoms with Gasteiger partial charge >= 0.3 is 0 Å². The molecule has 1 amide bonds. The van der Waals surface area contributed by atoms with Crippen molar-refractivity contribution in [2.24, 2.45) is 0 Å². The third-order valence-corrected chi connectivity index (χ3v) is 6.69. The van der Waals surface area contributed by atoms with Crippen LogP contribution in [0.5, 0.6) is 0 Å². The molecule has 3 N–H and O–H groups in total. The maximum Gasteiger partial charge on any atom is 0.247 e. The van der Waals surface area contributed by atoms with E-state index in [9.17, 15) is 22.0 Å². The predicted molar refractivity (Wildman–Crippen MR) is 123 cm³/mol. The summed E-state index contributed by atoms with van der Waals surface area (Å²) in [5.41, 5.74) is 0.375. The molecule has 0 radical (unpaired) electrons. The summed E-state index contributed by atoms with van der Waals surface area (Å²) in [6, 6.07) is 9.91. The number of hydrogen-bond acceptors (Lipinski definition) is 7. The largest absolute Gasteiger partial charge is 0.337 e. The van der Waals surface area contributed by atoms with E-state index in [-0.39, 0.29) is 28.0 Å². The lowest BCUT2D eigenvalue weighted by Gasteiger charge is -2.15. The molecule has 0 atom stereocenters. The van der Waals surface area contributed by atoms with Crippen LogP contribution < -0.4 is 16.0 Å². The number of nitrogens with zero attached hydrogens (tertiary/aromatic N) is 2. The highest BCUT2D eigenvalue weighted by Crippen LogP contribution is 2.29. The van der Waals surface area contributed by atoms with Crippen LogP contribution in [0.4, 0.5) is 37.6 Å². The fourth-order valence-electron chi connectivity index (χ4n) is 2.73. The Hall–Kier alpha value is -3.86. The molecule has 2 aromatic carbocycles. The van der Waals surface area contributed by atoms with Gasteiger partial charge in [-0.25, -0.2) is 22.2 Å². The number of halogens is 2. The number of sulfone groups is 1. The predicted octanol–water partition coefficient (Wildman–Crippen LogP) is 4.55. The molecule has 0 aliphatic carbocycles. The minimum atomic E-state index is -3.64. The van der Waals surface area contributed by atoms with Crippen molar-refractivity contribution in [2.45, 2.75) is 24.0 Å². The first-order chi connectivity index (χ1) is 15.6. The summed E-state index contributed by atoms with van der Waals surface area (Å²) >= 11 is 0. The Morgan fingerprint density at radius 2 is 1.79 bits per heavy atom. The van der Waals surface area contributed by atoms with Crippen LogP contribution in [0.2, 0.25) is 0 Å². The number of anilines is 5. The molecular formula is C22H21F2N5O3S. The minimum Gasteiger partial charge on any atom is -0.337 e. The van der Waals surface area contributed by atoms with E-state index in [1.165, 1.54) is 24.3 Å². The lowest BCUT2D eigenvalue weighted by molar-refractivity contribution is -0.111. The maximum absolute atomic E-state index is 14.4. The quantitative estimate of drug-likeness (QED) is 0.412. The van der Waals surface area contributed by atoms with Crippen LogP contribution in [0.15, 0.2) is 66.2 Å². The van der Waals surface area contributed by atoms with Crippen LogP contribution >= 0.6 is 0 Å². The SMILES string of the molecule is C=CC(=O)Nc1cc(Nc2ncc(F)c(Nc3ccccc3S(=O)(=O)C(C)C)n2)ccc1F. The second kappa shape index (κ2) is 9.74. The number of nitrogens with one attached hydrogen (secondary N) is 3. The second-order valence-electron chi connectivity index (χ2n) is 7.12. The normalized spacial score (nSPS) is 11.2. The molecule has 0 unspecified atom stereocenters. The third-order valence-electron chi connectivity index (χ3n) is 4.48. The van der Waals surface area contributed by atoms with Gasteiger partial charge in [0.25, 0.3) is 0 Å². The monoisotopic (exact) mass is 473 g/mol.